The van der Waals surface area contributed by atoms with Crippen LogP contribution in [0.3, 0.4) is 0 Å². The molecule has 0 spiro atoms. The number of fused-ring (bicyclic) bond motifs is 6. The van der Waals surface area contributed by atoms with Crippen molar-refractivity contribution >= 4 is 57.2 Å². The number of aromatic nitrogens is 3. The molecular formula is C54H53F2N9O7. The molecule has 0 aliphatic carbocycles. The van der Waals surface area contributed by atoms with Crippen molar-refractivity contribution in [2.45, 2.75) is 93.9 Å². The lowest BCUT2D eigenvalue weighted by atomic mass is 9.94. The molecule has 16 nitrogen and oxygen atoms in total. The molecule has 5 fully saturated rings. The summed E-state index contributed by atoms with van der Waals surface area (Å²) >= 11 is 0. The molecule has 0 radical (unpaired) electrons. The van der Waals surface area contributed by atoms with Gasteiger partial charge in [-0.2, -0.15) is 9.97 Å². The van der Waals surface area contributed by atoms with E-state index in [0.29, 0.717) is 85.0 Å². The van der Waals surface area contributed by atoms with Crippen molar-refractivity contribution in [2.75, 3.05) is 51.3 Å². The number of unbranched alkanes of at least 4 members (excludes halogenated alkanes) is 1. The number of carbonyl (C=O) groups excluding carboxylic acids is 5. The minimum atomic E-state index is -1.04. The smallest absolute Gasteiger partial charge is 0.409 e. The average molecular weight is 978 g/mol. The van der Waals surface area contributed by atoms with E-state index in [-0.39, 0.29) is 78.1 Å². The van der Waals surface area contributed by atoms with Crippen LogP contribution in [0.1, 0.15) is 89.6 Å². The van der Waals surface area contributed by atoms with Gasteiger partial charge in [-0.05, 0) is 80.9 Å². The number of benzene rings is 3. The fraction of sp³-hybridized carbons (Fsp3) is 0.407. The molecule has 2 bridgehead atoms. The third-order valence-corrected chi connectivity index (χ3v) is 15.4. The van der Waals surface area contributed by atoms with Crippen LogP contribution in [0.15, 0.2) is 66.9 Å². The van der Waals surface area contributed by atoms with Crippen molar-refractivity contribution < 1.29 is 42.2 Å². The van der Waals surface area contributed by atoms with Crippen LogP contribution in [-0.4, -0.2) is 136 Å². The van der Waals surface area contributed by atoms with Crippen molar-refractivity contribution in [3.05, 3.63) is 101 Å². The molecule has 18 heteroatoms. The Kier molecular flexibility index (Phi) is 12.2. The third kappa shape index (κ3) is 8.27. The monoisotopic (exact) mass is 977 g/mol. The van der Waals surface area contributed by atoms with Crippen molar-refractivity contribution in [1.29, 1.82) is 0 Å². The maximum atomic E-state index is 17.2. The van der Waals surface area contributed by atoms with Gasteiger partial charge in [-0.3, -0.25) is 39.3 Å². The van der Waals surface area contributed by atoms with Crippen molar-refractivity contribution in [3.63, 3.8) is 0 Å². The number of hydrogen-bond acceptors (Lipinski definition) is 13. The molecule has 72 heavy (non-hydrogen) atoms. The van der Waals surface area contributed by atoms with Gasteiger partial charge in [-0.25, -0.2) is 13.6 Å². The number of piperazine rings is 1. The highest BCUT2D eigenvalue weighted by atomic mass is 19.1. The Balaban J connectivity index is 0.754. The van der Waals surface area contributed by atoms with Gasteiger partial charge in [0.2, 0.25) is 11.8 Å². The predicted octanol–water partition coefficient (Wildman–Crippen LogP) is 6.08. The van der Waals surface area contributed by atoms with Crippen LogP contribution in [0.25, 0.3) is 32.9 Å². The van der Waals surface area contributed by atoms with Gasteiger partial charge in [0.05, 0.1) is 27.6 Å². The quantitative estimate of drug-likeness (QED) is 0.0601. The van der Waals surface area contributed by atoms with Crippen LogP contribution in [0.5, 0.6) is 6.01 Å². The Hall–Kier alpha value is -7.36. The largest absolute Gasteiger partial charge is 0.461 e. The molecule has 2 aromatic heterocycles. The number of pyridine rings is 1. The van der Waals surface area contributed by atoms with Crippen LogP contribution in [-0.2, 0) is 20.7 Å². The molecule has 8 heterocycles. The summed E-state index contributed by atoms with van der Waals surface area (Å²) in [6.45, 7) is 6.97. The van der Waals surface area contributed by atoms with Crippen molar-refractivity contribution in [1.82, 2.24) is 40.3 Å². The number of carbonyl (C=O) groups is 5. The van der Waals surface area contributed by atoms with Crippen molar-refractivity contribution in [3.8, 4) is 29.6 Å². The Labute approximate surface area is 414 Å². The standard InChI is InChI=1S/C54H53F2N9O7/c1-4-36-40(55)17-14-32-11-7-12-37(43(32)36)46-45(56)47-39(24-57-46)48(63-26-33-15-16-34(27-63)58-33)61-52(60-47)72-29-54-21-20-35(64(54)25-30(2)23-54)28-71-53(70)62(3)22-6-5-9-31-10-8-13-38-44(31)51(69)65(50(38)68)41-18-19-42(66)59-49(41)67/h1,7-8,10-14,17,24,33-35,41,58H,2,5-6,9,15-16,18-23,25-29H2,3H3,(H,59,66,67)/t33?,34?,35-,41?,54-/m0/s1. The van der Waals surface area contributed by atoms with E-state index in [1.54, 1.807) is 55.7 Å². The number of piperidine rings is 1. The second kappa shape index (κ2) is 18.7. The summed E-state index contributed by atoms with van der Waals surface area (Å²) in [4.78, 5) is 85.7. The number of anilines is 1. The Morgan fingerprint density at radius 1 is 0.986 bits per heavy atom. The summed E-state index contributed by atoms with van der Waals surface area (Å²) in [5.41, 5.74) is 2.09. The highest BCUT2D eigenvalue weighted by molar-refractivity contribution is 6.24. The van der Waals surface area contributed by atoms with Crippen molar-refractivity contribution in [2.24, 2.45) is 0 Å². The van der Waals surface area contributed by atoms with E-state index in [9.17, 15) is 24.0 Å². The number of imide groups is 2. The lowest BCUT2D eigenvalue weighted by Crippen LogP contribution is -2.54. The van der Waals surface area contributed by atoms with E-state index in [2.05, 4.69) is 37.9 Å². The Bertz CT molecular complexity index is 3170. The van der Waals surface area contributed by atoms with Gasteiger partial charge in [0.1, 0.15) is 42.1 Å². The molecule has 5 saturated heterocycles. The van der Waals surface area contributed by atoms with Crippen LogP contribution in [0, 0.1) is 24.0 Å². The van der Waals surface area contributed by atoms with E-state index in [1.165, 1.54) is 11.0 Å². The second-order valence-electron chi connectivity index (χ2n) is 20.0. The van der Waals surface area contributed by atoms with Gasteiger partial charge in [0.25, 0.3) is 11.8 Å². The fourth-order valence-corrected chi connectivity index (χ4v) is 12.0. The van der Waals surface area contributed by atoms with E-state index in [1.807, 2.05) is 0 Å². The maximum absolute atomic E-state index is 17.2. The van der Waals surface area contributed by atoms with Gasteiger partial charge in [0, 0.05) is 74.9 Å². The lowest BCUT2D eigenvalue weighted by molar-refractivity contribution is -0.136. The first kappa shape index (κ1) is 47.0. The molecular weight excluding hydrogens is 925 g/mol. The molecule has 370 valence electrons. The fourth-order valence-electron chi connectivity index (χ4n) is 12.0. The average Bonchev–Trinajstić information content (AvgIpc) is 4.08. The van der Waals surface area contributed by atoms with Gasteiger partial charge in [0.15, 0.2) is 5.82 Å². The highest BCUT2D eigenvalue weighted by Crippen LogP contribution is 2.45. The highest BCUT2D eigenvalue weighted by Gasteiger charge is 2.52. The Morgan fingerprint density at radius 3 is 2.57 bits per heavy atom. The minimum Gasteiger partial charge on any atom is -0.461 e. The van der Waals surface area contributed by atoms with Crippen LogP contribution < -0.4 is 20.3 Å². The van der Waals surface area contributed by atoms with Crippen LogP contribution >= 0.6 is 0 Å². The van der Waals surface area contributed by atoms with Crippen LogP contribution in [0.2, 0.25) is 0 Å². The minimum absolute atomic E-state index is 0.0157. The normalized spacial score (nSPS) is 23.7. The molecule has 3 aromatic carbocycles. The molecule has 5 atom stereocenters. The molecule has 3 unspecified atom stereocenters. The number of terminal acetylenes is 1. The van der Waals surface area contributed by atoms with E-state index in [0.717, 1.165) is 36.2 Å². The molecule has 6 aliphatic heterocycles. The van der Waals surface area contributed by atoms with E-state index < -0.39 is 52.9 Å². The number of nitrogens with zero attached hydrogens (tertiary/aromatic N) is 7. The van der Waals surface area contributed by atoms with Crippen LogP contribution in [0.4, 0.5) is 19.4 Å². The molecule has 11 rings (SSSR count). The van der Waals surface area contributed by atoms with E-state index in [4.69, 9.17) is 25.9 Å². The zero-order chi connectivity index (χ0) is 50.0. The zero-order valence-electron chi connectivity index (χ0n) is 39.8. The topological polar surface area (TPSA) is 180 Å². The van der Waals surface area contributed by atoms with Gasteiger partial charge < -0.3 is 24.6 Å². The molecule has 0 saturated carbocycles. The van der Waals surface area contributed by atoms with Gasteiger partial charge >= 0.3 is 12.1 Å². The van der Waals surface area contributed by atoms with E-state index >= 15 is 8.78 Å². The van der Waals surface area contributed by atoms with Gasteiger partial charge in [-0.1, -0.05) is 54.5 Å². The maximum Gasteiger partial charge on any atom is 0.409 e. The van der Waals surface area contributed by atoms with Gasteiger partial charge in [-0.15, -0.1) is 6.42 Å². The SMILES string of the molecule is C#Cc1c(F)ccc2cccc(-c3ncc4c(N5CC6CCC(C5)N6)nc(OC[C@@]56CC[C@@H](COC(=O)N(C)CCCCc7cccc8c7C(=O)N(C7CCC(=O)NC7=O)C8=O)N5CC(=C)C6)nc4c3F)c12. The summed E-state index contributed by atoms with van der Waals surface area (Å²) in [6.07, 6.45) is 12.8. The summed E-state index contributed by atoms with van der Waals surface area (Å²) in [7, 11) is 1.68. The number of rotatable bonds is 13. The predicted molar refractivity (Wildman–Crippen MR) is 262 cm³/mol. The third-order valence-electron chi connectivity index (χ3n) is 15.4. The number of hydrogen-bond donors (Lipinski definition) is 2. The summed E-state index contributed by atoms with van der Waals surface area (Å²) in [6, 6.07) is 12.6. The molecule has 2 N–H and O–H groups in total. The Morgan fingerprint density at radius 2 is 1.78 bits per heavy atom. The number of amides is 5. The first-order valence-corrected chi connectivity index (χ1v) is 24.6. The zero-order valence-corrected chi connectivity index (χ0v) is 39.8. The number of nitrogens with one attached hydrogen (secondary N) is 2. The summed E-state index contributed by atoms with van der Waals surface area (Å²) in [5.74, 6) is -0.493. The molecule has 5 aromatic rings. The number of halogens is 2. The lowest BCUT2D eigenvalue weighted by Gasteiger charge is -2.35. The second-order valence-corrected chi connectivity index (χ2v) is 20.0. The number of aryl methyl sites for hydroxylation is 1. The summed E-state index contributed by atoms with van der Waals surface area (Å²) < 4.78 is 44.7. The first-order chi connectivity index (χ1) is 34.8. The first-order valence-electron chi connectivity index (χ1n) is 24.6. The molecule has 6 aliphatic rings. The number of ether oxygens (including phenoxy) is 2. The summed E-state index contributed by atoms with van der Waals surface area (Å²) in [5, 5.41) is 7.34. The molecule has 5 amide bonds.